The van der Waals surface area contributed by atoms with Crippen LogP contribution in [-0.4, -0.2) is 31.6 Å². The summed E-state index contributed by atoms with van der Waals surface area (Å²) in [7, 11) is -2.96. The zero-order valence-corrected chi connectivity index (χ0v) is 10.4. The zero-order chi connectivity index (χ0) is 11.4. The number of hydrogen-bond acceptors (Lipinski definition) is 4. The first kappa shape index (κ1) is 13.9. The molecule has 0 heterocycles. The molecule has 0 aromatic rings. The van der Waals surface area contributed by atoms with E-state index in [9.17, 15) is 8.42 Å². The molecule has 0 aliphatic rings. The maximum Gasteiger partial charge on any atom is 0.153 e. The molecule has 0 rings (SSSR count). The molecule has 0 unspecified atom stereocenters. The average Bonchev–Trinajstić information content (AvgIpc) is 1.96. The van der Waals surface area contributed by atoms with Crippen LogP contribution in [-0.2, 0) is 14.7 Å². The molecule has 86 valence electrons. The Morgan fingerprint density at radius 3 is 2.14 bits per heavy atom. The lowest BCUT2D eigenvalue weighted by Gasteiger charge is -2.19. The first-order valence-corrected chi connectivity index (χ1v) is 6.49. The predicted molar refractivity (Wildman–Crippen MR) is 57.8 cm³/mol. The van der Waals surface area contributed by atoms with Gasteiger partial charge in [0.25, 0.3) is 0 Å². The summed E-state index contributed by atoms with van der Waals surface area (Å²) in [6.07, 6.45) is 0. The van der Waals surface area contributed by atoms with Crippen LogP contribution in [0, 0.1) is 0 Å². The minimum Gasteiger partial charge on any atom is -0.296 e. The second-order valence-electron chi connectivity index (χ2n) is 4.52. The van der Waals surface area contributed by atoms with E-state index in [1.165, 1.54) is 0 Å². The van der Waals surface area contributed by atoms with Crippen molar-refractivity contribution in [3.63, 3.8) is 0 Å². The summed E-state index contributed by atoms with van der Waals surface area (Å²) in [4.78, 5) is 5.19. The number of sulfone groups is 1. The molecule has 4 nitrogen and oxygen atoms in total. The van der Waals surface area contributed by atoms with Crippen LogP contribution in [0.2, 0.25) is 0 Å². The van der Waals surface area contributed by atoms with Gasteiger partial charge in [0.15, 0.2) is 9.84 Å². The van der Waals surface area contributed by atoms with Crippen molar-refractivity contribution in [2.24, 2.45) is 0 Å². The van der Waals surface area contributed by atoms with E-state index in [0.717, 1.165) is 0 Å². The van der Waals surface area contributed by atoms with Crippen molar-refractivity contribution in [3.05, 3.63) is 0 Å². The van der Waals surface area contributed by atoms with Gasteiger partial charge in [-0.2, -0.15) is 0 Å². The minimum absolute atomic E-state index is 0.112. The maximum atomic E-state index is 11.4. The molecule has 0 radical (unpaired) electrons. The molecule has 1 N–H and O–H groups in total. The van der Waals surface area contributed by atoms with Crippen LogP contribution in [0.25, 0.3) is 0 Å². The Morgan fingerprint density at radius 1 is 1.29 bits per heavy atom. The maximum absolute atomic E-state index is 11.4. The molecule has 0 saturated carbocycles. The molecule has 0 atom stereocenters. The molecule has 0 saturated heterocycles. The van der Waals surface area contributed by atoms with Gasteiger partial charge in [0.2, 0.25) is 0 Å². The Kier molecular flexibility index (Phi) is 5.05. The van der Waals surface area contributed by atoms with Gasteiger partial charge in [-0.15, -0.1) is 0 Å². The van der Waals surface area contributed by atoms with Gasteiger partial charge in [0, 0.05) is 6.54 Å². The third-order valence-electron chi connectivity index (χ3n) is 1.59. The largest absolute Gasteiger partial charge is 0.296 e. The molecule has 0 aliphatic carbocycles. The van der Waals surface area contributed by atoms with E-state index >= 15 is 0 Å². The number of rotatable bonds is 5. The van der Waals surface area contributed by atoms with E-state index in [-0.39, 0.29) is 16.6 Å². The summed E-state index contributed by atoms with van der Waals surface area (Å²) >= 11 is 0. The highest BCUT2D eigenvalue weighted by molar-refractivity contribution is 7.92. The third-order valence-corrected chi connectivity index (χ3v) is 3.79. The fourth-order valence-electron chi connectivity index (χ4n) is 0.687. The van der Waals surface area contributed by atoms with Crippen molar-refractivity contribution in [1.82, 2.24) is 5.48 Å². The van der Waals surface area contributed by atoms with Gasteiger partial charge in [0.05, 0.1) is 16.6 Å². The molecule has 0 bridgehead atoms. The number of hydroxylamine groups is 1. The molecule has 0 aromatic heterocycles. The fourth-order valence-corrected chi connectivity index (χ4v) is 1.53. The lowest BCUT2D eigenvalue weighted by Crippen LogP contribution is -2.33. The van der Waals surface area contributed by atoms with Crippen LogP contribution in [0.15, 0.2) is 0 Å². The lowest BCUT2D eigenvalue weighted by atomic mass is 10.2. The lowest BCUT2D eigenvalue weighted by molar-refractivity contribution is -0.0699. The van der Waals surface area contributed by atoms with Gasteiger partial charge in [-0.25, -0.2) is 13.9 Å². The Bertz CT molecular complexity index is 252. The Hall–Kier alpha value is -0.130. The first-order chi connectivity index (χ1) is 6.15. The van der Waals surface area contributed by atoms with Crippen LogP contribution >= 0.6 is 0 Å². The van der Waals surface area contributed by atoms with Gasteiger partial charge in [0.1, 0.15) is 0 Å². The van der Waals surface area contributed by atoms with Gasteiger partial charge < -0.3 is 0 Å². The molecule has 0 aliphatic heterocycles. The summed E-state index contributed by atoms with van der Waals surface area (Å²) in [6.45, 7) is 9.39. The summed E-state index contributed by atoms with van der Waals surface area (Å²) in [5.41, 5.74) is 2.37. The van der Waals surface area contributed by atoms with Crippen LogP contribution in [0.1, 0.15) is 34.6 Å². The molecule has 0 aromatic carbocycles. The van der Waals surface area contributed by atoms with Crippen LogP contribution < -0.4 is 5.48 Å². The normalized spacial score (nSPS) is 13.6. The third kappa shape index (κ3) is 6.34. The highest BCUT2D eigenvalue weighted by Gasteiger charge is 2.16. The van der Waals surface area contributed by atoms with Gasteiger partial charge in [-0.3, -0.25) is 4.84 Å². The smallest absolute Gasteiger partial charge is 0.153 e. The summed E-state index contributed by atoms with van der Waals surface area (Å²) < 4.78 is 22.7. The van der Waals surface area contributed by atoms with Crippen molar-refractivity contribution in [2.45, 2.75) is 45.5 Å². The summed E-state index contributed by atoms with van der Waals surface area (Å²) in [6, 6.07) is 0. The molecule has 0 spiro atoms. The van der Waals surface area contributed by atoms with Crippen molar-refractivity contribution in [2.75, 3.05) is 12.3 Å². The van der Waals surface area contributed by atoms with Crippen LogP contribution in [0.3, 0.4) is 0 Å². The molecule has 14 heavy (non-hydrogen) atoms. The topological polar surface area (TPSA) is 55.4 Å². The molecular formula is C9H21NO3S. The predicted octanol–water partition coefficient (Wildman–Crippen LogP) is 1.13. The molecular weight excluding hydrogens is 202 g/mol. The molecule has 0 fully saturated rings. The average molecular weight is 223 g/mol. The monoisotopic (exact) mass is 223 g/mol. The van der Waals surface area contributed by atoms with Crippen LogP contribution in [0.4, 0.5) is 0 Å². The highest BCUT2D eigenvalue weighted by Crippen LogP contribution is 2.04. The second-order valence-corrected chi connectivity index (χ2v) is 7.20. The van der Waals surface area contributed by atoms with E-state index in [1.54, 1.807) is 13.8 Å². The minimum atomic E-state index is -2.96. The standard InChI is InChI=1S/C9H21NO3S/c1-8(2)14(11,12)7-6-10-13-9(3,4)5/h8,10H,6-7H2,1-5H3. The zero-order valence-electron chi connectivity index (χ0n) is 9.62. The van der Waals surface area contributed by atoms with Crippen molar-refractivity contribution in [1.29, 1.82) is 0 Å². The second kappa shape index (κ2) is 5.09. The Labute approximate surface area is 86.9 Å². The van der Waals surface area contributed by atoms with Crippen molar-refractivity contribution in [3.8, 4) is 0 Å². The quantitative estimate of drug-likeness (QED) is 0.561. The summed E-state index contributed by atoms with van der Waals surface area (Å²) in [5.74, 6) is 0.112. The van der Waals surface area contributed by atoms with Crippen LogP contribution in [0.5, 0.6) is 0 Å². The van der Waals surface area contributed by atoms with E-state index in [2.05, 4.69) is 5.48 Å². The summed E-state index contributed by atoms with van der Waals surface area (Å²) in [5, 5.41) is -0.320. The van der Waals surface area contributed by atoms with Gasteiger partial charge in [-0.1, -0.05) is 0 Å². The molecule has 5 heteroatoms. The van der Waals surface area contributed by atoms with Crippen molar-refractivity contribution >= 4 is 9.84 Å². The van der Waals surface area contributed by atoms with E-state index < -0.39 is 9.84 Å². The number of hydrogen-bond donors (Lipinski definition) is 1. The van der Waals surface area contributed by atoms with E-state index in [4.69, 9.17) is 4.84 Å². The van der Waals surface area contributed by atoms with E-state index in [0.29, 0.717) is 6.54 Å². The van der Waals surface area contributed by atoms with Gasteiger partial charge in [-0.05, 0) is 34.6 Å². The first-order valence-electron chi connectivity index (χ1n) is 4.77. The highest BCUT2D eigenvalue weighted by atomic mass is 32.2. The molecule has 0 amide bonds. The Morgan fingerprint density at radius 2 is 1.79 bits per heavy atom. The van der Waals surface area contributed by atoms with E-state index in [1.807, 2.05) is 20.8 Å². The fraction of sp³-hybridized carbons (Fsp3) is 1.00. The number of nitrogens with one attached hydrogen (secondary N) is 1. The SMILES string of the molecule is CC(C)S(=O)(=O)CCNOC(C)(C)C. The van der Waals surface area contributed by atoms with Crippen molar-refractivity contribution < 1.29 is 13.3 Å². The Balaban J connectivity index is 3.77. The van der Waals surface area contributed by atoms with Gasteiger partial charge >= 0.3 is 0 Å².